The van der Waals surface area contributed by atoms with E-state index in [0.29, 0.717) is 13.0 Å². The molecule has 0 bridgehead atoms. The van der Waals surface area contributed by atoms with Gasteiger partial charge < -0.3 is 9.64 Å². The second kappa shape index (κ2) is 8.23. The zero-order valence-corrected chi connectivity index (χ0v) is 18.6. The number of hydrogen-bond acceptors (Lipinski definition) is 6. The number of carbonyl (C=O) groups excluding carboxylic acids is 1. The number of sulfone groups is 1. The minimum absolute atomic E-state index is 0.0351. The van der Waals surface area contributed by atoms with Crippen molar-refractivity contribution in [2.75, 3.05) is 32.2 Å². The lowest BCUT2D eigenvalue weighted by Crippen LogP contribution is -2.42. The van der Waals surface area contributed by atoms with Gasteiger partial charge in [-0.25, -0.2) is 16.8 Å². The van der Waals surface area contributed by atoms with Crippen LogP contribution in [0.25, 0.3) is 0 Å². The number of amides is 1. The molecule has 0 spiro atoms. The van der Waals surface area contributed by atoms with Gasteiger partial charge in [-0.05, 0) is 44.4 Å². The Labute approximate surface area is 172 Å². The average molecular weight is 445 g/mol. The van der Waals surface area contributed by atoms with E-state index in [2.05, 4.69) is 0 Å². The van der Waals surface area contributed by atoms with E-state index in [1.807, 2.05) is 6.92 Å². The molecule has 2 aliphatic heterocycles. The molecule has 10 heteroatoms. The van der Waals surface area contributed by atoms with Gasteiger partial charge >= 0.3 is 0 Å². The maximum Gasteiger partial charge on any atom is 0.253 e. The second-order valence-electron chi connectivity index (χ2n) is 7.80. The first-order valence-corrected chi connectivity index (χ1v) is 13.0. The molecule has 0 N–H and O–H groups in total. The predicted octanol–water partition coefficient (Wildman–Crippen LogP) is 1.52. The van der Waals surface area contributed by atoms with Crippen molar-refractivity contribution in [3.05, 3.63) is 23.8 Å². The predicted molar refractivity (Wildman–Crippen MR) is 109 cm³/mol. The van der Waals surface area contributed by atoms with E-state index in [9.17, 15) is 21.6 Å². The molecule has 0 radical (unpaired) electrons. The van der Waals surface area contributed by atoms with E-state index in [-0.39, 0.29) is 33.8 Å². The van der Waals surface area contributed by atoms with E-state index in [1.54, 1.807) is 7.05 Å². The Hall–Kier alpha value is -1.65. The molecule has 162 valence electrons. The maximum atomic E-state index is 13.3. The van der Waals surface area contributed by atoms with Gasteiger partial charge in [0.2, 0.25) is 10.0 Å². The molecule has 3 rings (SSSR count). The van der Waals surface area contributed by atoms with Crippen LogP contribution in [0.3, 0.4) is 0 Å². The van der Waals surface area contributed by atoms with Crippen LogP contribution in [-0.2, 0) is 19.9 Å². The SMILES string of the molecule is COc1ccc(C(=O)N(C)[C@H]2CCS(=O)(=O)C2)cc1S(=O)(=O)N1CCCC[C@@H]1C. The number of benzene rings is 1. The van der Waals surface area contributed by atoms with Crippen molar-refractivity contribution in [2.24, 2.45) is 0 Å². The molecule has 2 saturated heterocycles. The Morgan fingerprint density at radius 1 is 1.24 bits per heavy atom. The standard InChI is InChI=1S/C19H28N2O6S2/c1-14-6-4-5-10-21(14)29(25,26)18-12-15(7-8-17(18)27-3)19(22)20(2)16-9-11-28(23,24)13-16/h7-8,12,14,16H,4-6,9-11,13H2,1-3H3/t14-,16-/m0/s1. The lowest BCUT2D eigenvalue weighted by molar-refractivity contribution is 0.0747. The molecule has 29 heavy (non-hydrogen) atoms. The van der Waals surface area contributed by atoms with E-state index in [0.717, 1.165) is 19.3 Å². The van der Waals surface area contributed by atoms with Gasteiger partial charge in [-0.2, -0.15) is 4.31 Å². The second-order valence-corrected chi connectivity index (χ2v) is 11.9. The van der Waals surface area contributed by atoms with Crippen molar-refractivity contribution in [3.63, 3.8) is 0 Å². The summed E-state index contributed by atoms with van der Waals surface area (Å²) < 4.78 is 56.8. The molecule has 1 aromatic rings. The normalized spacial score (nSPS) is 24.9. The van der Waals surface area contributed by atoms with Crippen molar-refractivity contribution >= 4 is 25.8 Å². The largest absolute Gasteiger partial charge is 0.495 e. The molecular formula is C19H28N2O6S2. The molecule has 0 saturated carbocycles. The Morgan fingerprint density at radius 2 is 1.97 bits per heavy atom. The van der Waals surface area contributed by atoms with Crippen LogP contribution in [0.4, 0.5) is 0 Å². The first-order chi connectivity index (χ1) is 13.6. The Kier molecular flexibility index (Phi) is 6.26. The van der Waals surface area contributed by atoms with E-state index < -0.39 is 31.8 Å². The third-order valence-corrected chi connectivity index (χ3v) is 9.60. The molecule has 1 aromatic carbocycles. The van der Waals surface area contributed by atoms with Crippen LogP contribution in [0, 0.1) is 0 Å². The molecule has 8 nitrogen and oxygen atoms in total. The summed E-state index contributed by atoms with van der Waals surface area (Å²) in [5, 5.41) is 0. The minimum atomic E-state index is -3.83. The van der Waals surface area contributed by atoms with Gasteiger partial charge in [0, 0.05) is 31.2 Å². The summed E-state index contributed by atoms with van der Waals surface area (Å²) in [5.74, 6) is -0.227. The van der Waals surface area contributed by atoms with Crippen molar-refractivity contribution in [3.8, 4) is 5.75 Å². The first kappa shape index (κ1) is 22.0. The zero-order chi connectivity index (χ0) is 21.4. The number of methoxy groups -OCH3 is 1. The van der Waals surface area contributed by atoms with Crippen LogP contribution in [0.1, 0.15) is 43.0 Å². The summed E-state index contributed by atoms with van der Waals surface area (Å²) in [6.45, 7) is 2.32. The number of rotatable bonds is 5. The molecule has 2 heterocycles. The average Bonchev–Trinajstić information content (AvgIpc) is 3.06. The van der Waals surface area contributed by atoms with Crippen molar-refractivity contribution in [1.82, 2.24) is 9.21 Å². The summed E-state index contributed by atoms with van der Waals surface area (Å²) >= 11 is 0. The maximum absolute atomic E-state index is 13.3. The molecule has 1 amide bonds. The lowest BCUT2D eigenvalue weighted by atomic mass is 10.1. The van der Waals surface area contributed by atoms with Gasteiger partial charge in [-0.1, -0.05) is 6.42 Å². The molecule has 0 aliphatic carbocycles. The number of ether oxygens (including phenoxy) is 1. The van der Waals surface area contributed by atoms with Crippen LogP contribution >= 0.6 is 0 Å². The third-order valence-electron chi connectivity index (χ3n) is 5.82. The molecular weight excluding hydrogens is 416 g/mol. The Bertz CT molecular complexity index is 990. The van der Waals surface area contributed by atoms with Crippen molar-refractivity contribution in [1.29, 1.82) is 0 Å². The van der Waals surface area contributed by atoms with Gasteiger partial charge in [0.25, 0.3) is 5.91 Å². The van der Waals surface area contributed by atoms with E-state index in [4.69, 9.17) is 4.74 Å². The van der Waals surface area contributed by atoms with Gasteiger partial charge in [0.05, 0.1) is 18.6 Å². The summed E-state index contributed by atoms with van der Waals surface area (Å²) in [7, 11) is -4.02. The highest BCUT2D eigenvalue weighted by molar-refractivity contribution is 7.91. The Balaban J connectivity index is 1.93. The smallest absolute Gasteiger partial charge is 0.253 e. The molecule has 2 fully saturated rings. The van der Waals surface area contributed by atoms with Gasteiger partial charge in [-0.3, -0.25) is 4.79 Å². The summed E-state index contributed by atoms with van der Waals surface area (Å²) in [6.07, 6.45) is 2.96. The number of sulfonamides is 1. The third kappa shape index (κ3) is 4.44. The van der Waals surface area contributed by atoms with Crippen molar-refractivity contribution < 1.29 is 26.4 Å². The summed E-state index contributed by atoms with van der Waals surface area (Å²) in [4.78, 5) is 14.3. The zero-order valence-electron chi connectivity index (χ0n) is 17.0. The summed E-state index contributed by atoms with van der Waals surface area (Å²) in [5.41, 5.74) is 0.195. The molecule has 0 aromatic heterocycles. The minimum Gasteiger partial charge on any atom is -0.495 e. The van der Waals surface area contributed by atoms with Crippen LogP contribution in [-0.4, -0.2) is 76.2 Å². The fraction of sp³-hybridized carbons (Fsp3) is 0.632. The van der Waals surface area contributed by atoms with Gasteiger partial charge in [0.1, 0.15) is 10.6 Å². The number of carbonyl (C=O) groups is 1. The van der Waals surface area contributed by atoms with Crippen LogP contribution in [0.5, 0.6) is 5.75 Å². The monoisotopic (exact) mass is 444 g/mol. The van der Waals surface area contributed by atoms with E-state index in [1.165, 1.54) is 34.5 Å². The number of nitrogens with zero attached hydrogens (tertiary/aromatic N) is 2. The fourth-order valence-electron chi connectivity index (χ4n) is 4.02. The highest BCUT2D eigenvalue weighted by Gasteiger charge is 2.36. The summed E-state index contributed by atoms with van der Waals surface area (Å²) in [6, 6.07) is 3.81. The van der Waals surface area contributed by atoms with Gasteiger partial charge in [0.15, 0.2) is 9.84 Å². The fourth-order valence-corrected chi connectivity index (χ4v) is 7.67. The number of hydrogen-bond donors (Lipinski definition) is 0. The quantitative estimate of drug-likeness (QED) is 0.682. The lowest BCUT2D eigenvalue weighted by Gasteiger charge is -2.32. The topological polar surface area (TPSA) is 101 Å². The highest BCUT2D eigenvalue weighted by atomic mass is 32.2. The molecule has 2 atom stereocenters. The molecule has 0 unspecified atom stereocenters. The molecule has 2 aliphatic rings. The van der Waals surface area contributed by atoms with Crippen molar-refractivity contribution in [2.45, 2.75) is 49.6 Å². The van der Waals surface area contributed by atoms with E-state index >= 15 is 0 Å². The van der Waals surface area contributed by atoms with Crippen LogP contribution < -0.4 is 4.74 Å². The first-order valence-electron chi connectivity index (χ1n) is 9.74. The van der Waals surface area contributed by atoms with Gasteiger partial charge in [-0.15, -0.1) is 0 Å². The highest BCUT2D eigenvalue weighted by Crippen LogP contribution is 2.32. The van der Waals surface area contributed by atoms with Crippen LogP contribution in [0.15, 0.2) is 23.1 Å². The Morgan fingerprint density at radius 3 is 2.55 bits per heavy atom. The number of piperidine rings is 1. The van der Waals surface area contributed by atoms with Crippen LogP contribution in [0.2, 0.25) is 0 Å².